The maximum Gasteiger partial charge on any atom is 0.142 e. The van der Waals surface area contributed by atoms with Gasteiger partial charge in [0.15, 0.2) is 0 Å². The molecule has 0 spiro atoms. The highest BCUT2D eigenvalue weighted by Crippen LogP contribution is 2.33. The highest BCUT2D eigenvalue weighted by molar-refractivity contribution is 7.13. The van der Waals surface area contributed by atoms with E-state index in [4.69, 9.17) is 5.73 Å². The fraction of sp³-hybridized carbons (Fsp3) is 0. The quantitative estimate of drug-likeness (QED) is 0.775. The maximum absolute atomic E-state index is 13.4. The molecule has 0 unspecified atom stereocenters. The third kappa shape index (κ3) is 2.49. The van der Waals surface area contributed by atoms with Crippen LogP contribution in [0.1, 0.15) is 5.56 Å². The number of nitrogens with two attached hydrogens (primary N) is 1. The van der Waals surface area contributed by atoms with Gasteiger partial charge in [-0.05, 0) is 29.6 Å². The van der Waals surface area contributed by atoms with Crippen LogP contribution in [0.2, 0.25) is 0 Å². The van der Waals surface area contributed by atoms with Crippen LogP contribution in [0.5, 0.6) is 0 Å². The molecule has 0 atom stereocenters. The first-order chi connectivity index (χ1) is 10.2. The molecule has 1 aromatic carbocycles. The number of aromatic nitrogens is 1. The molecule has 2 N–H and O–H groups in total. The second-order valence-electron chi connectivity index (χ2n) is 4.41. The predicted octanol–water partition coefficient (Wildman–Crippen LogP) is 4.07. The van der Waals surface area contributed by atoms with E-state index in [1.165, 1.54) is 23.5 Å². The summed E-state index contributed by atoms with van der Waals surface area (Å²) in [5.74, 6) is -0.183. The van der Waals surface area contributed by atoms with Gasteiger partial charge in [0.05, 0.1) is 5.69 Å². The summed E-state index contributed by atoms with van der Waals surface area (Å²) in [6.45, 7) is 0. The topological polar surface area (TPSA) is 62.7 Å². The molecule has 3 rings (SSSR count). The van der Waals surface area contributed by atoms with Crippen molar-refractivity contribution in [3.8, 4) is 27.8 Å². The monoisotopic (exact) mass is 295 g/mol. The second-order valence-corrected chi connectivity index (χ2v) is 5.36. The van der Waals surface area contributed by atoms with E-state index >= 15 is 0 Å². The van der Waals surface area contributed by atoms with Crippen molar-refractivity contribution in [1.82, 2.24) is 4.98 Å². The minimum absolute atomic E-state index is 0.155. The minimum atomic E-state index is -0.338. The van der Waals surface area contributed by atoms with E-state index in [9.17, 15) is 9.65 Å². The molecule has 2 heterocycles. The van der Waals surface area contributed by atoms with Crippen molar-refractivity contribution in [2.75, 3.05) is 5.73 Å². The van der Waals surface area contributed by atoms with Gasteiger partial charge < -0.3 is 5.73 Å². The molecular weight excluding hydrogens is 285 g/mol. The standard InChI is InChI=1S/C16H10FN3S/c17-11-4-1-3-10(7-11)14-8-12(15-5-2-6-21-15)13(9-18)16(19)20-14/h1-8H,(H2,19,20). The van der Waals surface area contributed by atoms with Crippen LogP contribution in [0, 0.1) is 17.1 Å². The van der Waals surface area contributed by atoms with Crippen LogP contribution in [0.25, 0.3) is 21.7 Å². The first kappa shape index (κ1) is 13.3. The Hall–Kier alpha value is -2.71. The van der Waals surface area contributed by atoms with E-state index in [0.29, 0.717) is 16.8 Å². The normalized spacial score (nSPS) is 10.3. The molecule has 0 aliphatic carbocycles. The van der Waals surface area contributed by atoms with Crippen LogP contribution in [-0.4, -0.2) is 4.98 Å². The van der Waals surface area contributed by atoms with Gasteiger partial charge in [-0.1, -0.05) is 18.2 Å². The number of nitriles is 1. The molecule has 102 valence electrons. The van der Waals surface area contributed by atoms with Gasteiger partial charge in [-0.15, -0.1) is 11.3 Å². The summed E-state index contributed by atoms with van der Waals surface area (Å²) in [5, 5.41) is 11.2. The number of hydrogen-bond acceptors (Lipinski definition) is 4. The smallest absolute Gasteiger partial charge is 0.142 e. The lowest BCUT2D eigenvalue weighted by molar-refractivity contribution is 0.628. The number of benzene rings is 1. The van der Waals surface area contributed by atoms with Crippen molar-refractivity contribution >= 4 is 17.2 Å². The minimum Gasteiger partial charge on any atom is -0.383 e. The lowest BCUT2D eigenvalue weighted by atomic mass is 10.0. The number of rotatable bonds is 2. The van der Waals surface area contributed by atoms with Crippen molar-refractivity contribution in [2.45, 2.75) is 0 Å². The molecule has 21 heavy (non-hydrogen) atoms. The van der Waals surface area contributed by atoms with Crippen LogP contribution in [-0.2, 0) is 0 Å². The highest BCUT2D eigenvalue weighted by Gasteiger charge is 2.14. The molecule has 0 amide bonds. The van der Waals surface area contributed by atoms with E-state index < -0.39 is 0 Å². The average molecular weight is 295 g/mol. The summed E-state index contributed by atoms with van der Waals surface area (Å²) in [4.78, 5) is 5.15. The molecular formula is C16H10FN3S. The SMILES string of the molecule is N#Cc1c(-c2cccs2)cc(-c2cccc(F)c2)nc1N. The second kappa shape index (κ2) is 5.35. The van der Waals surface area contributed by atoms with Crippen LogP contribution in [0.3, 0.4) is 0 Å². The molecule has 3 aromatic rings. The van der Waals surface area contributed by atoms with Crippen molar-refractivity contribution in [2.24, 2.45) is 0 Å². The zero-order valence-corrected chi connectivity index (χ0v) is 11.7. The molecule has 5 heteroatoms. The van der Waals surface area contributed by atoms with Crippen LogP contribution in [0.4, 0.5) is 10.2 Å². The summed E-state index contributed by atoms with van der Waals surface area (Å²) in [7, 11) is 0. The largest absolute Gasteiger partial charge is 0.383 e. The van der Waals surface area contributed by atoms with E-state index in [1.807, 2.05) is 17.5 Å². The zero-order chi connectivity index (χ0) is 14.8. The van der Waals surface area contributed by atoms with Gasteiger partial charge in [-0.3, -0.25) is 0 Å². The zero-order valence-electron chi connectivity index (χ0n) is 10.9. The molecule has 0 fully saturated rings. The van der Waals surface area contributed by atoms with Crippen LogP contribution >= 0.6 is 11.3 Å². The number of nitrogens with zero attached hydrogens (tertiary/aromatic N) is 2. The van der Waals surface area contributed by atoms with Crippen molar-refractivity contribution in [1.29, 1.82) is 5.26 Å². The predicted molar refractivity (Wildman–Crippen MR) is 82.1 cm³/mol. The number of hydrogen-bond donors (Lipinski definition) is 1. The average Bonchev–Trinajstić information content (AvgIpc) is 3.00. The first-order valence-electron chi connectivity index (χ1n) is 6.19. The maximum atomic E-state index is 13.4. The third-order valence-electron chi connectivity index (χ3n) is 3.07. The van der Waals surface area contributed by atoms with Crippen molar-refractivity contribution in [3.05, 3.63) is 59.2 Å². The Balaban J connectivity index is 2.23. The Labute approximate surface area is 125 Å². The number of pyridine rings is 1. The first-order valence-corrected chi connectivity index (χ1v) is 7.07. The Kier molecular flexibility index (Phi) is 3.38. The number of halogens is 1. The fourth-order valence-electron chi connectivity index (χ4n) is 2.10. The van der Waals surface area contributed by atoms with Gasteiger partial charge in [0.1, 0.15) is 23.3 Å². The van der Waals surface area contributed by atoms with Crippen LogP contribution < -0.4 is 5.73 Å². The van der Waals surface area contributed by atoms with Crippen LogP contribution in [0.15, 0.2) is 47.8 Å². The third-order valence-corrected chi connectivity index (χ3v) is 3.97. The van der Waals surface area contributed by atoms with Gasteiger partial charge in [0, 0.05) is 16.0 Å². The summed E-state index contributed by atoms with van der Waals surface area (Å²) < 4.78 is 13.4. The molecule has 0 aliphatic heterocycles. The summed E-state index contributed by atoms with van der Waals surface area (Å²) in [5.41, 5.74) is 8.14. The summed E-state index contributed by atoms with van der Waals surface area (Å²) in [6, 6.07) is 13.8. The Morgan fingerprint density at radius 1 is 1.19 bits per heavy atom. The lowest BCUT2D eigenvalue weighted by Gasteiger charge is -2.08. The molecule has 0 saturated heterocycles. The number of anilines is 1. The van der Waals surface area contributed by atoms with E-state index in [0.717, 1.165) is 10.4 Å². The van der Waals surface area contributed by atoms with Gasteiger partial charge in [-0.2, -0.15) is 5.26 Å². The van der Waals surface area contributed by atoms with Crippen molar-refractivity contribution < 1.29 is 4.39 Å². The molecule has 0 bridgehead atoms. The Morgan fingerprint density at radius 2 is 2.05 bits per heavy atom. The number of nitrogen functional groups attached to an aromatic ring is 1. The Morgan fingerprint density at radius 3 is 2.71 bits per heavy atom. The summed E-state index contributed by atoms with van der Waals surface area (Å²) >= 11 is 1.51. The van der Waals surface area contributed by atoms with Crippen molar-refractivity contribution in [3.63, 3.8) is 0 Å². The molecule has 0 radical (unpaired) electrons. The lowest BCUT2D eigenvalue weighted by Crippen LogP contribution is -1.99. The van der Waals surface area contributed by atoms with E-state index in [1.54, 1.807) is 18.2 Å². The summed E-state index contributed by atoms with van der Waals surface area (Å²) in [6.07, 6.45) is 0. The van der Waals surface area contributed by atoms with E-state index in [2.05, 4.69) is 11.1 Å². The molecule has 3 nitrogen and oxygen atoms in total. The molecule has 0 aliphatic rings. The van der Waals surface area contributed by atoms with Gasteiger partial charge >= 0.3 is 0 Å². The van der Waals surface area contributed by atoms with Gasteiger partial charge in [0.2, 0.25) is 0 Å². The number of thiophene rings is 1. The van der Waals surface area contributed by atoms with Gasteiger partial charge in [-0.25, -0.2) is 9.37 Å². The fourth-order valence-corrected chi connectivity index (χ4v) is 2.85. The van der Waals surface area contributed by atoms with E-state index in [-0.39, 0.29) is 11.6 Å². The molecule has 0 saturated carbocycles. The van der Waals surface area contributed by atoms with Gasteiger partial charge in [0.25, 0.3) is 0 Å². The highest BCUT2D eigenvalue weighted by atomic mass is 32.1. The Bertz CT molecular complexity index is 835. The molecule has 2 aromatic heterocycles.